The summed E-state index contributed by atoms with van der Waals surface area (Å²) in [5.74, 6) is 0.361. The lowest BCUT2D eigenvalue weighted by Crippen LogP contribution is -2.29. The summed E-state index contributed by atoms with van der Waals surface area (Å²) in [6, 6.07) is 12.7. The number of benzene rings is 2. The number of thioether (sulfide) groups is 1. The number of aromatic nitrogens is 2. The summed E-state index contributed by atoms with van der Waals surface area (Å²) in [4.78, 5) is 17.5. The molecule has 0 fully saturated rings. The van der Waals surface area contributed by atoms with Gasteiger partial charge in [-0.05, 0) is 36.4 Å². The largest absolute Gasteiger partial charge is 0.282 e. The monoisotopic (exact) mass is 392 g/mol. The van der Waals surface area contributed by atoms with Crippen LogP contribution in [0.25, 0.3) is 10.9 Å². The fourth-order valence-electron chi connectivity index (χ4n) is 2.91. The number of nitrogens with zero attached hydrogens (tertiary/aromatic N) is 2. The molecule has 25 heavy (non-hydrogen) atoms. The third kappa shape index (κ3) is 2.96. The van der Waals surface area contributed by atoms with E-state index >= 15 is 0 Å². The number of hydrogen-bond donors (Lipinski definition) is 0. The van der Waals surface area contributed by atoms with E-state index in [-0.39, 0.29) is 16.2 Å². The first-order valence-electron chi connectivity index (χ1n) is 7.58. The SMILES string of the molecule is O=c1c2ccccc2nc2n1C(CS(=O)(=O)c1ccc(Cl)cc1)CS2. The quantitative estimate of drug-likeness (QED) is 0.640. The molecule has 4 rings (SSSR count). The van der Waals surface area contributed by atoms with E-state index in [1.807, 2.05) is 6.07 Å². The van der Waals surface area contributed by atoms with Crippen LogP contribution in [0.5, 0.6) is 0 Å². The van der Waals surface area contributed by atoms with E-state index in [1.165, 1.54) is 28.5 Å². The van der Waals surface area contributed by atoms with Crippen LogP contribution < -0.4 is 5.56 Å². The van der Waals surface area contributed by atoms with E-state index in [0.717, 1.165) is 0 Å². The molecule has 0 radical (unpaired) electrons. The average molecular weight is 393 g/mol. The number of halogens is 1. The molecule has 1 unspecified atom stereocenters. The van der Waals surface area contributed by atoms with Crippen molar-refractivity contribution >= 4 is 44.1 Å². The number of hydrogen-bond acceptors (Lipinski definition) is 5. The molecule has 0 saturated carbocycles. The lowest BCUT2D eigenvalue weighted by molar-refractivity contribution is 0.532. The minimum atomic E-state index is -3.53. The van der Waals surface area contributed by atoms with Gasteiger partial charge in [0.1, 0.15) is 0 Å². The van der Waals surface area contributed by atoms with Gasteiger partial charge >= 0.3 is 0 Å². The summed E-state index contributed by atoms with van der Waals surface area (Å²) >= 11 is 7.23. The summed E-state index contributed by atoms with van der Waals surface area (Å²) in [6.45, 7) is 0. The Morgan fingerprint density at radius 3 is 2.64 bits per heavy atom. The smallest absolute Gasteiger partial charge is 0.262 e. The van der Waals surface area contributed by atoms with Gasteiger partial charge in [-0.15, -0.1) is 0 Å². The molecule has 8 heteroatoms. The van der Waals surface area contributed by atoms with Crippen molar-refractivity contribution in [1.29, 1.82) is 0 Å². The maximum absolute atomic E-state index is 12.8. The van der Waals surface area contributed by atoms with Gasteiger partial charge in [0.05, 0.1) is 27.6 Å². The third-order valence-electron chi connectivity index (χ3n) is 4.13. The molecule has 1 atom stereocenters. The number of rotatable bonds is 3. The summed E-state index contributed by atoms with van der Waals surface area (Å²) < 4.78 is 26.9. The zero-order chi connectivity index (χ0) is 17.6. The van der Waals surface area contributed by atoms with Crippen molar-refractivity contribution in [2.24, 2.45) is 0 Å². The van der Waals surface area contributed by atoms with Crippen molar-refractivity contribution in [1.82, 2.24) is 9.55 Å². The van der Waals surface area contributed by atoms with Crippen LogP contribution in [0.4, 0.5) is 0 Å². The molecule has 1 aliphatic rings. The standard InChI is InChI=1S/C17H13ClN2O3S2/c18-11-5-7-13(8-6-11)25(22,23)10-12-9-24-17-19-15-4-2-1-3-14(15)16(21)20(12)17/h1-8,12H,9-10H2. The second-order valence-electron chi connectivity index (χ2n) is 5.79. The van der Waals surface area contributed by atoms with Gasteiger partial charge in [0.2, 0.25) is 0 Å². The highest BCUT2D eigenvalue weighted by molar-refractivity contribution is 7.99. The Bertz CT molecular complexity index is 1120. The van der Waals surface area contributed by atoms with Gasteiger partial charge in [-0.3, -0.25) is 9.36 Å². The molecule has 1 aliphatic heterocycles. The number of para-hydroxylation sites is 1. The van der Waals surface area contributed by atoms with E-state index in [4.69, 9.17) is 11.6 Å². The van der Waals surface area contributed by atoms with Gasteiger partial charge in [0.15, 0.2) is 15.0 Å². The first-order chi connectivity index (χ1) is 12.0. The van der Waals surface area contributed by atoms with Crippen LogP contribution in [0.15, 0.2) is 63.4 Å². The van der Waals surface area contributed by atoms with Crippen LogP contribution >= 0.6 is 23.4 Å². The molecular weight excluding hydrogens is 380 g/mol. The Labute approximate surface area is 153 Å². The number of fused-ring (bicyclic) bond motifs is 2. The van der Waals surface area contributed by atoms with Gasteiger partial charge < -0.3 is 0 Å². The van der Waals surface area contributed by atoms with Crippen LogP contribution in [0.1, 0.15) is 6.04 Å². The Morgan fingerprint density at radius 2 is 1.88 bits per heavy atom. The Morgan fingerprint density at radius 1 is 1.16 bits per heavy atom. The van der Waals surface area contributed by atoms with Crippen molar-refractivity contribution in [2.75, 3.05) is 11.5 Å². The van der Waals surface area contributed by atoms with E-state index in [1.54, 1.807) is 30.3 Å². The second-order valence-corrected chi connectivity index (χ2v) is 9.24. The lowest BCUT2D eigenvalue weighted by Gasteiger charge is -2.14. The third-order valence-corrected chi connectivity index (χ3v) is 7.29. The van der Waals surface area contributed by atoms with E-state index < -0.39 is 15.9 Å². The molecule has 3 aromatic rings. The molecule has 0 spiro atoms. The van der Waals surface area contributed by atoms with Crippen molar-refractivity contribution < 1.29 is 8.42 Å². The average Bonchev–Trinajstić information content (AvgIpc) is 2.98. The van der Waals surface area contributed by atoms with Gasteiger partial charge in [-0.1, -0.05) is 35.5 Å². The van der Waals surface area contributed by atoms with Crippen LogP contribution in [-0.2, 0) is 9.84 Å². The predicted octanol–water partition coefficient (Wildman–Crippen LogP) is 3.17. The van der Waals surface area contributed by atoms with E-state index in [0.29, 0.717) is 26.8 Å². The van der Waals surface area contributed by atoms with Gasteiger partial charge in [0.25, 0.3) is 5.56 Å². The second kappa shape index (κ2) is 6.16. The van der Waals surface area contributed by atoms with Crippen molar-refractivity contribution in [2.45, 2.75) is 16.1 Å². The van der Waals surface area contributed by atoms with E-state index in [2.05, 4.69) is 4.98 Å². The van der Waals surface area contributed by atoms with Crippen molar-refractivity contribution in [3.05, 3.63) is 63.9 Å². The summed E-state index contributed by atoms with van der Waals surface area (Å²) in [6.07, 6.45) is 0. The van der Waals surface area contributed by atoms with Gasteiger partial charge in [-0.2, -0.15) is 0 Å². The van der Waals surface area contributed by atoms with Crippen molar-refractivity contribution in [3.63, 3.8) is 0 Å². The first kappa shape index (κ1) is 16.6. The Balaban J connectivity index is 1.75. The minimum absolute atomic E-state index is 0.144. The molecule has 0 saturated heterocycles. The molecule has 2 aromatic carbocycles. The first-order valence-corrected chi connectivity index (χ1v) is 10.6. The molecule has 2 heterocycles. The maximum Gasteiger partial charge on any atom is 0.262 e. The topological polar surface area (TPSA) is 69.0 Å². The maximum atomic E-state index is 12.8. The summed E-state index contributed by atoms with van der Waals surface area (Å²) in [7, 11) is -3.53. The van der Waals surface area contributed by atoms with Crippen LogP contribution in [0.2, 0.25) is 5.02 Å². The fourth-order valence-corrected chi connectivity index (χ4v) is 5.84. The van der Waals surface area contributed by atoms with Crippen molar-refractivity contribution in [3.8, 4) is 0 Å². The summed E-state index contributed by atoms with van der Waals surface area (Å²) in [5, 5.41) is 1.55. The highest BCUT2D eigenvalue weighted by Gasteiger charge is 2.31. The van der Waals surface area contributed by atoms with Crippen LogP contribution in [-0.4, -0.2) is 29.5 Å². The molecule has 0 bridgehead atoms. The molecule has 0 amide bonds. The van der Waals surface area contributed by atoms with Crippen LogP contribution in [0, 0.1) is 0 Å². The fraction of sp³-hybridized carbons (Fsp3) is 0.176. The Kier molecular flexibility index (Phi) is 4.10. The molecule has 5 nitrogen and oxygen atoms in total. The minimum Gasteiger partial charge on any atom is -0.282 e. The molecule has 0 N–H and O–H groups in total. The summed E-state index contributed by atoms with van der Waals surface area (Å²) in [5.41, 5.74) is 0.439. The van der Waals surface area contributed by atoms with E-state index in [9.17, 15) is 13.2 Å². The molecular formula is C17H13ClN2O3S2. The lowest BCUT2D eigenvalue weighted by atomic mass is 10.2. The Hall–Kier alpha value is -1.83. The van der Waals surface area contributed by atoms with Crippen LogP contribution in [0.3, 0.4) is 0 Å². The highest BCUT2D eigenvalue weighted by atomic mass is 35.5. The molecule has 1 aromatic heterocycles. The van der Waals surface area contributed by atoms with Gasteiger partial charge in [-0.25, -0.2) is 13.4 Å². The zero-order valence-electron chi connectivity index (χ0n) is 12.9. The number of sulfone groups is 1. The predicted molar refractivity (Wildman–Crippen MR) is 99.3 cm³/mol. The zero-order valence-corrected chi connectivity index (χ0v) is 15.3. The normalized spacial score (nSPS) is 16.9. The molecule has 128 valence electrons. The molecule has 0 aliphatic carbocycles. The van der Waals surface area contributed by atoms with Gasteiger partial charge in [0, 0.05) is 10.8 Å². The highest BCUT2D eigenvalue weighted by Crippen LogP contribution is 2.33.